The Labute approximate surface area is 119 Å². The van der Waals surface area contributed by atoms with E-state index >= 15 is 0 Å². The van der Waals surface area contributed by atoms with Crippen LogP contribution in [0.1, 0.15) is 32.6 Å². The van der Waals surface area contributed by atoms with Crippen molar-refractivity contribution in [3.8, 4) is 0 Å². The lowest BCUT2D eigenvalue weighted by atomic mass is 10.1. The Balaban J connectivity index is 2.12. The number of esters is 1. The summed E-state index contributed by atoms with van der Waals surface area (Å²) in [7, 11) is 0. The highest BCUT2D eigenvalue weighted by Crippen LogP contribution is 2.17. The van der Waals surface area contributed by atoms with Gasteiger partial charge in [0.1, 0.15) is 6.61 Å². The van der Waals surface area contributed by atoms with E-state index in [1.807, 2.05) is 45.0 Å². The summed E-state index contributed by atoms with van der Waals surface area (Å²) in [6, 6.07) is 11.4. The lowest BCUT2D eigenvalue weighted by Gasteiger charge is -2.10. The van der Waals surface area contributed by atoms with Gasteiger partial charge in [0.2, 0.25) is 0 Å². The molecule has 0 saturated carbocycles. The lowest BCUT2D eigenvalue weighted by Crippen LogP contribution is -2.09. The SMILES string of the molecule is Cc1ccc(C)c(COC(=O)c2cc(C)ccc2N)c1. The molecule has 0 aliphatic carbocycles. The second-order valence-electron chi connectivity index (χ2n) is 5.10. The maximum Gasteiger partial charge on any atom is 0.340 e. The largest absolute Gasteiger partial charge is 0.457 e. The van der Waals surface area contributed by atoms with Crippen LogP contribution < -0.4 is 5.73 Å². The smallest absolute Gasteiger partial charge is 0.340 e. The highest BCUT2D eigenvalue weighted by atomic mass is 16.5. The molecule has 0 heterocycles. The van der Waals surface area contributed by atoms with E-state index in [0.717, 1.165) is 22.3 Å². The van der Waals surface area contributed by atoms with E-state index < -0.39 is 0 Å². The van der Waals surface area contributed by atoms with E-state index in [0.29, 0.717) is 11.3 Å². The topological polar surface area (TPSA) is 52.3 Å². The van der Waals surface area contributed by atoms with Gasteiger partial charge in [0, 0.05) is 5.69 Å². The Morgan fingerprint density at radius 2 is 1.70 bits per heavy atom. The average molecular weight is 269 g/mol. The van der Waals surface area contributed by atoms with Crippen molar-refractivity contribution < 1.29 is 9.53 Å². The van der Waals surface area contributed by atoms with Crippen molar-refractivity contribution in [1.29, 1.82) is 0 Å². The molecule has 104 valence electrons. The molecular weight excluding hydrogens is 250 g/mol. The molecule has 0 aromatic heterocycles. The number of hydrogen-bond acceptors (Lipinski definition) is 3. The summed E-state index contributed by atoms with van der Waals surface area (Å²) in [5, 5.41) is 0. The van der Waals surface area contributed by atoms with Crippen LogP contribution in [0.4, 0.5) is 5.69 Å². The third-order valence-corrected chi connectivity index (χ3v) is 3.29. The first-order valence-electron chi connectivity index (χ1n) is 6.57. The highest BCUT2D eigenvalue weighted by molar-refractivity contribution is 5.95. The first-order chi connectivity index (χ1) is 9.47. The fraction of sp³-hybridized carbons (Fsp3) is 0.235. The van der Waals surface area contributed by atoms with Crippen LogP contribution in [0, 0.1) is 20.8 Å². The van der Waals surface area contributed by atoms with Crippen molar-refractivity contribution in [2.24, 2.45) is 0 Å². The van der Waals surface area contributed by atoms with E-state index in [2.05, 4.69) is 0 Å². The number of carbonyl (C=O) groups excluding carboxylic acids is 1. The molecule has 0 amide bonds. The summed E-state index contributed by atoms with van der Waals surface area (Å²) >= 11 is 0. The Kier molecular flexibility index (Phi) is 4.08. The molecule has 0 spiro atoms. The normalized spacial score (nSPS) is 10.3. The van der Waals surface area contributed by atoms with Crippen LogP contribution in [-0.4, -0.2) is 5.97 Å². The molecule has 0 fully saturated rings. The van der Waals surface area contributed by atoms with Gasteiger partial charge in [-0.2, -0.15) is 0 Å². The minimum atomic E-state index is -0.382. The van der Waals surface area contributed by atoms with Gasteiger partial charge in [-0.25, -0.2) is 4.79 Å². The minimum Gasteiger partial charge on any atom is -0.457 e. The van der Waals surface area contributed by atoms with E-state index in [4.69, 9.17) is 10.5 Å². The van der Waals surface area contributed by atoms with Gasteiger partial charge in [-0.1, -0.05) is 35.4 Å². The van der Waals surface area contributed by atoms with Crippen LogP contribution >= 0.6 is 0 Å². The van der Waals surface area contributed by atoms with Crippen LogP contribution in [0.15, 0.2) is 36.4 Å². The second kappa shape index (κ2) is 5.78. The zero-order valence-electron chi connectivity index (χ0n) is 12.1. The fourth-order valence-electron chi connectivity index (χ4n) is 2.02. The molecule has 3 nitrogen and oxygen atoms in total. The molecule has 0 atom stereocenters. The minimum absolute atomic E-state index is 0.264. The number of nitrogen functional groups attached to an aromatic ring is 1. The van der Waals surface area contributed by atoms with Crippen molar-refractivity contribution in [3.05, 3.63) is 64.2 Å². The molecule has 2 aromatic carbocycles. The van der Waals surface area contributed by atoms with E-state index in [-0.39, 0.29) is 12.6 Å². The zero-order chi connectivity index (χ0) is 14.7. The number of ether oxygens (including phenoxy) is 1. The number of nitrogens with two attached hydrogens (primary N) is 1. The summed E-state index contributed by atoms with van der Waals surface area (Å²) in [6.07, 6.45) is 0. The molecular formula is C17H19NO2. The van der Waals surface area contributed by atoms with Gasteiger partial charge in [0.25, 0.3) is 0 Å². The molecule has 0 bridgehead atoms. The van der Waals surface area contributed by atoms with Gasteiger partial charge in [-0.15, -0.1) is 0 Å². The van der Waals surface area contributed by atoms with Crippen molar-refractivity contribution in [2.45, 2.75) is 27.4 Å². The van der Waals surface area contributed by atoms with E-state index in [1.165, 1.54) is 0 Å². The number of carbonyl (C=O) groups is 1. The predicted molar refractivity (Wildman–Crippen MR) is 80.6 cm³/mol. The average Bonchev–Trinajstić information content (AvgIpc) is 2.42. The first-order valence-corrected chi connectivity index (χ1v) is 6.57. The number of benzene rings is 2. The van der Waals surface area contributed by atoms with Crippen LogP contribution in [0.2, 0.25) is 0 Å². The fourth-order valence-corrected chi connectivity index (χ4v) is 2.02. The number of aryl methyl sites for hydroxylation is 3. The molecule has 20 heavy (non-hydrogen) atoms. The number of anilines is 1. The number of rotatable bonds is 3. The Hall–Kier alpha value is -2.29. The van der Waals surface area contributed by atoms with Crippen molar-refractivity contribution in [1.82, 2.24) is 0 Å². The van der Waals surface area contributed by atoms with Gasteiger partial charge >= 0.3 is 5.97 Å². The first kappa shape index (κ1) is 14.1. The Bertz CT molecular complexity index is 647. The monoisotopic (exact) mass is 269 g/mol. The third-order valence-electron chi connectivity index (χ3n) is 3.29. The van der Waals surface area contributed by atoms with Crippen LogP contribution in [0.25, 0.3) is 0 Å². The quantitative estimate of drug-likeness (QED) is 0.684. The Morgan fingerprint density at radius 3 is 2.45 bits per heavy atom. The highest BCUT2D eigenvalue weighted by Gasteiger charge is 2.12. The van der Waals surface area contributed by atoms with Crippen LogP contribution in [-0.2, 0) is 11.3 Å². The summed E-state index contributed by atoms with van der Waals surface area (Å²) in [4.78, 5) is 12.1. The Morgan fingerprint density at radius 1 is 1.05 bits per heavy atom. The maximum atomic E-state index is 12.1. The van der Waals surface area contributed by atoms with Gasteiger partial charge in [-0.3, -0.25) is 0 Å². The van der Waals surface area contributed by atoms with E-state index in [1.54, 1.807) is 12.1 Å². The summed E-state index contributed by atoms with van der Waals surface area (Å²) in [5.74, 6) is -0.382. The van der Waals surface area contributed by atoms with Gasteiger partial charge in [0.05, 0.1) is 5.56 Å². The molecule has 2 N–H and O–H groups in total. The molecule has 0 radical (unpaired) electrons. The van der Waals surface area contributed by atoms with Crippen molar-refractivity contribution in [3.63, 3.8) is 0 Å². The van der Waals surface area contributed by atoms with Crippen molar-refractivity contribution in [2.75, 3.05) is 5.73 Å². The molecule has 0 aliphatic rings. The number of hydrogen-bond donors (Lipinski definition) is 1. The third kappa shape index (κ3) is 3.18. The molecule has 0 aliphatic heterocycles. The zero-order valence-corrected chi connectivity index (χ0v) is 12.1. The summed E-state index contributed by atoms with van der Waals surface area (Å²) in [5.41, 5.74) is 10.9. The molecule has 2 aromatic rings. The van der Waals surface area contributed by atoms with E-state index in [9.17, 15) is 4.79 Å². The van der Waals surface area contributed by atoms with Gasteiger partial charge in [-0.05, 0) is 44.0 Å². The molecule has 3 heteroatoms. The predicted octanol–water partition coefficient (Wildman–Crippen LogP) is 3.55. The standard InChI is InChI=1S/C17H19NO2/c1-11-4-6-13(3)14(8-11)10-20-17(19)15-9-12(2)5-7-16(15)18/h4-9H,10,18H2,1-3H3. The van der Waals surface area contributed by atoms with Crippen molar-refractivity contribution >= 4 is 11.7 Å². The lowest BCUT2D eigenvalue weighted by molar-refractivity contribution is 0.0473. The van der Waals surface area contributed by atoms with Crippen LogP contribution in [0.5, 0.6) is 0 Å². The van der Waals surface area contributed by atoms with Gasteiger partial charge < -0.3 is 10.5 Å². The molecule has 0 saturated heterocycles. The summed E-state index contributed by atoms with van der Waals surface area (Å²) < 4.78 is 5.37. The maximum absolute atomic E-state index is 12.1. The van der Waals surface area contributed by atoms with Crippen LogP contribution in [0.3, 0.4) is 0 Å². The molecule has 0 unspecified atom stereocenters. The second-order valence-corrected chi connectivity index (χ2v) is 5.10. The molecule has 2 rings (SSSR count). The summed E-state index contributed by atoms with van der Waals surface area (Å²) in [6.45, 7) is 6.20. The van der Waals surface area contributed by atoms with Gasteiger partial charge in [0.15, 0.2) is 0 Å².